The molecule has 2 aliphatic rings. The van der Waals surface area contributed by atoms with E-state index in [9.17, 15) is 4.79 Å². The van der Waals surface area contributed by atoms with Crippen molar-refractivity contribution in [2.24, 2.45) is 23.5 Å². The van der Waals surface area contributed by atoms with Crippen molar-refractivity contribution in [3.63, 3.8) is 0 Å². The van der Waals surface area contributed by atoms with E-state index in [-0.39, 0.29) is 5.92 Å². The molecule has 0 saturated heterocycles. The third kappa shape index (κ3) is 3.70. The number of nitrogens with two attached hydrogens (primary N) is 1. The molecule has 2 aliphatic carbocycles. The Balaban J connectivity index is 1.69. The highest BCUT2D eigenvalue weighted by Crippen LogP contribution is 2.36. The smallest absolute Gasteiger partial charge is 0.306 e. The fourth-order valence-corrected chi connectivity index (χ4v) is 3.54. The van der Waals surface area contributed by atoms with Crippen molar-refractivity contribution in [3.8, 4) is 0 Å². The molecular weight excluding hydrogens is 214 g/mol. The molecule has 0 aliphatic heterocycles. The van der Waals surface area contributed by atoms with Crippen LogP contribution in [0.25, 0.3) is 0 Å². The third-order valence-electron chi connectivity index (χ3n) is 4.75. The number of aliphatic carboxylic acids is 1. The maximum Gasteiger partial charge on any atom is 0.306 e. The number of hydrogen-bond donors (Lipinski definition) is 2. The number of carbonyl (C=O) groups is 1. The van der Waals surface area contributed by atoms with Gasteiger partial charge in [0.15, 0.2) is 0 Å². The van der Waals surface area contributed by atoms with Crippen molar-refractivity contribution in [2.75, 3.05) is 0 Å². The van der Waals surface area contributed by atoms with Gasteiger partial charge < -0.3 is 10.8 Å². The first-order chi connectivity index (χ1) is 8.15. The van der Waals surface area contributed by atoms with E-state index in [1.165, 1.54) is 32.1 Å². The van der Waals surface area contributed by atoms with Crippen molar-refractivity contribution in [2.45, 2.75) is 63.8 Å². The van der Waals surface area contributed by atoms with Crippen LogP contribution in [0.3, 0.4) is 0 Å². The van der Waals surface area contributed by atoms with Crippen LogP contribution in [0, 0.1) is 17.8 Å². The van der Waals surface area contributed by atoms with Crippen LogP contribution >= 0.6 is 0 Å². The summed E-state index contributed by atoms with van der Waals surface area (Å²) in [5, 5.41) is 8.96. The summed E-state index contributed by atoms with van der Waals surface area (Å²) in [5.74, 6) is 0.990. The molecule has 0 radical (unpaired) electrons. The molecular formula is C14H25NO2. The van der Waals surface area contributed by atoms with Gasteiger partial charge in [0.05, 0.1) is 5.92 Å². The van der Waals surface area contributed by atoms with E-state index in [1.807, 2.05) is 0 Å². The lowest BCUT2D eigenvalue weighted by Crippen LogP contribution is -2.28. The molecule has 0 amide bonds. The van der Waals surface area contributed by atoms with Crippen LogP contribution in [-0.4, -0.2) is 17.1 Å². The van der Waals surface area contributed by atoms with Gasteiger partial charge in [-0.3, -0.25) is 4.79 Å². The minimum absolute atomic E-state index is 0.0639. The molecule has 3 N–H and O–H groups in total. The Morgan fingerprint density at radius 1 is 0.941 bits per heavy atom. The second-order valence-corrected chi connectivity index (χ2v) is 6.07. The van der Waals surface area contributed by atoms with Gasteiger partial charge >= 0.3 is 5.97 Å². The van der Waals surface area contributed by atoms with Gasteiger partial charge in [-0.15, -0.1) is 0 Å². The standard InChI is InChI=1S/C14H25NO2/c15-13-7-3-11(4-8-13)9-10-1-5-12(6-2-10)14(16)17/h10-13H,1-9,15H2,(H,16,17). The summed E-state index contributed by atoms with van der Waals surface area (Å²) in [5.41, 5.74) is 5.92. The molecule has 0 bridgehead atoms. The Morgan fingerprint density at radius 3 is 1.88 bits per heavy atom. The highest BCUT2D eigenvalue weighted by Gasteiger charge is 2.28. The van der Waals surface area contributed by atoms with Gasteiger partial charge in [0, 0.05) is 6.04 Å². The van der Waals surface area contributed by atoms with Crippen LogP contribution in [0.1, 0.15) is 57.8 Å². The molecule has 0 atom stereocenters. The fraction of sp³-hybridized carbons (Fsp3) is 0.929. The minimum atomic E-state index is -0.591. The van der Waals surface area contributed by atoms with E-state index in [1.54, 1.807) is 0 Å². The number of hydrogen-bond acceptors (Lipinski definition) is 2. The topological polar surface area (TPSA) is 63.3 Å². The number of rotatable bonds is 3. The van der Waals surface area contributed by atoms with E-state index in [4.69, 9.17) is 10.8 Å². The van der Waals surface area contributed by atoms with Gasteiger partial charge in [0.1, 0.15) is 0 Å². The van der Waals surface area contributed by atoms with E-state index in [2.05, 4.69) is 0 Å². The predicted octanol–water partition coefficient (Wildman–Crippen LogP) is 2.79. The molecule has 0 spiro atoms. The Kier molecular flexibility index (Phi) is 4.43. The summed E-state index contributed by atoms with van der Waals surface area (Å²) in [4.78, 5) is 10.9. The quantitative estimate of drug-likeness (QED) is 0.796. The molecule has 3 heteroatoms. The average Bonchev–Trinajstić information content (AvgIpc) is 2.33. The maximum absolute atomic E-state index is 10.9. The van der Waals surface area contributed by atoms with Crippen molar-refractivity contribution < 1.29 is 9.90 Å². The van der Waals surface area contributed by atoms with Crippen LogP contribution in [0.4, 0.5) is 0 Å². The zero-order chi connectivity index (χ0) is 12.3. The van der Waals surface area contributed by atoms with Gasteiger partial charge in [-0.1, -0.05) is 0 Å². The monoisotopic (exact) mass is 239 g/mol. The first-order valence-electron chi connectivity index (χ1n) is 7.13. The molecule has 2 fully saturated rings. The summed E-state index contributed by atoms with van der Waals surface area (Å²) < 4.78 is 0. The van der Waals surface area contributed by atoms with Crippen LogP contribution in [0.5, 0.6) is 0 Å². The summed E-state index contributed by atoms with van der Waals surface area (Å²) in [7, 11) is 0. The number of carboxylic acid groups (broad SMARTS) is 1. The van der Waals surface area contributed by atoms with Gasteiger partial charge in [-0.2, -0.15) is 0 Å². The third-order valence-corrected chi connectivity index (χ3v) is 4.75. The fourth-order valence-electron chi connectivity index (χ4n) is 3.54. The van der Waals surface area contributed by atoms with Crippen molar-refractivity contribution in [1.29, 1.82) is 0 Å². The summed E-state index contributed by atoms with van der Waals surface area (Å²) in [6, 6.07) is 0.439. The lowest BCUT2D eigenvalue weighted by Gasteiger charge is -2.32. The van der Waals surface area contributed by atoms with E-state index in [0.29, 0.717) is 6.04 Å². The first kappa shape index (κ1) is 12.9. The molecule has 0 heterocycles. The Labute approximate surface area is 104 Å². The van der Waals surface area contributed by atoms with Crippen molar-refractivity contribution in [3.05, 3.63) is 0 Å². The second-order valence-electron chi connectivity index (χ2n) is 6.07. The second kappa shape index (κ2) is 5.85. The average molecular weight is 239 g/mol. The highest BCUT2D eigenvalue weighted by atomic mass is 16.4. The molecule has 2 rings (SSSR count). The summed E-state index contributed by atoms with van der Waals surface area (Å²) >= 11 is 0. The highest BCUT2D eigenvalue weighted by molar-refractivity contribution is 5.69. The summed E-state index contributed by atoms with van der Waals surface area (Å²) in [6.07, 6.45) is 10.3. The minimum Gasteiger partial charge on any atom is -0.481 e. The largest absolute Gasteiger partial charge is 0.481 e. The Bertz CT molecular complexity index is 251. The molecule has 0 aromatic heterocycles. The predicted molar refractivity (Wildman–Crippen MR) is 67.6 cm³/mol. The van der Waals surface area contributed by atoms with E-state index in [0.717, 1.165) is 37.5 Å². The number of carboxylic acids is 1. The molecule has 98 valence electrons. The summed E-state index contributed by atoms with van der Waals surface area (Å²) in [6.45, 7) is 0. The SMILES string of the molecule is NC1CCC(CC2CCC(C(=O)O)CC2)CC1. The van der Waals surface area contributed by atoms with Crippen molar-refractivity contribution >= 4 is 5.97 Å². The molecule has 0 aromatic carbocycles. The molecule has 2 saturated carbocycles. The lowest BCUT2D eigenvalue weighted by molar-refractivity contribution is -0.143. The Hall–Kier alpha value is -0.570. The Morgan fingerprint density at radius 2 is 1.41 bits per heavy atom. The van der Waals surface area contributed by atoms with Crippen molar-refractivity contribution in [1.82, 2.24) is 0 Å². The molecule has 17 heavy (non-hydrogen) atoms. The van der Waals surface area contributed by atoms with Crippen LogP contribution in [-0.2, 0) is 4.79 Å². The first-order valence-corrected chi connectivity index (χ1v) is 7.13. The van der Waals surface area contributed by atoms with Gasteiger partial charge in [-0.05, 0) is 69.6 Å². The van der Waals surface area contributed by atoms with Crippen LogP contribution in [0.2, 0.25) is 0 Å². The molecule has 0 unspecified atom stereocenters. The lowest BCUT2D eigenvalue weighted by atomic mass is 9.74. The van der Waals surface area contributed by atoms with Gasteiger partial charge in [0.25, 0.3) is 0 Å². The molecule has 3 nitrogen and oxygen atoms in total. The normalized spacial score (nSPS) is 38.9. The van der Waals surface area contributed by atoms with Crippen LogP contribution in [0.15, 0.2) is 0 Å². The van der Waals surface area contributed by atoms with E-state index < -0.39 is 5.97 Å². The zero-order valence-electron chi connectivity index (χ0n) is 10.6. The van der Waals surface area contributed by atoms with Crippen LogP contribution < -0.4 is 5.73 Å². The van der Waals surface area contributed by atoms with E-state index >= 15 is 0 Å². The zero-order valence-corrected chi connectivity index (χ0v) is 10.6. The van der Waals surface area contributed by atoms with Gasteiger partial charge in [-0.25, -0.2) is 0 Å². The molecule has 0 aromatic rings. The van der Waals surface area contributed by atoms with Gasteiger partial charge in [0.2, 0.25) is 0 Å². The maximum atomic E-state index is 10.9.